The zero-order valence-corrected chi connectivity index (χ0v) is 12.6. The van der Waals surface area contributed by atoms with Crippen molar-refractivity contribution >= 4 is 11.9 Å². The van der Waals surface area contributed by atoms with E-state index in [9.17, 15) is 14.0 Å². The smallest absolute Gasteiger partial charge is 0.325 e. The molecule has 0 aliphatic carbocycles. The van der Waals surface area contributed by atoms with Crippen LogP contribution < -0.4 is 5.32 Å². The van der Waals surface area contributed by atoms with Gasteiger partial charge >= 0.3 is 5.97 Å². The summed E-state index contributed by atoms with van der Waals surface area (Å²) in [5.41, 5.74) is 0.875. The van der Waals surface area contributed by atoms with Gasteiger partial charge in [0.05, 0.1) is 5.92 Å². The van der Waals surface area contributed by atoms with Crippen molar-refractivity contribution in [2.45, 2.75) is 32.4 Å². The first-order valence-corrected chi connectivity index (χ1v) is 7.45. The van der Waals surface area contributed by atoms with Gasteiger partial charge in [-0.3, -0.25) is 14.5 Å². The molecule has 0 bridgehead atoms. The van der Waals surface area contributed by atoms with E-state index in [0.717, 1.165) is 24.9 Å². The number of carboxylic acids is 1. The summed E-state index contributed by atoms with van der Waals surface area (Å²) < 4.78 is 13.2. The molecular formula is C16H21FN2O3. The number of amides is 1. The van der Waals surface area contributed by atoms with Gasteiger partial charge in [0.15, 0.2) is 0 Å². The zero-order valence-electron chi connectivity index (χ0n) is 12.6. The number of carbonyl (C=O) groups excluding carboxylic acids is 1. The van der Waals surface area contributed by atoms with Crippen molar-refractivity contribution < 1.29 is 19.1 Å². The van der Waals surface area contributed by atoms with Crippen LogP contribution in [0.3, 0.4) is 0 Å². The Morgan fingerprint density at radius 3 is 2.95 bits per heavy atom. The normalized spacial score (nSPS) is 20.4. The molecule has 0 aromatic heterocycles. The van der Waals surface area contributed by atoms with E-state index in [1.54, 1.807) is 6.07 Å². The monoisotopic (exact) mass is 308 g/mol. The van der Waals surface area contributed by atoms with Crippen molar-refractivity contribution in [3.05, 3.63) is 35.6 Å². The van der Waals surface area contributed by atoms with Crippen LogP contribution in [0.25, 0.3) is 0 Å². The second-order valence-electron chi connectivity index (χ2n) is 5.77. The van der Waals surface area contributed by atoms with Crippen LogP contribution in [-0.2, 0) is 16.1 Å². The zero-order chi connectivity index (χ0) is 16.1. The Labute approximate surface area is 129 Å². The molecule has 1 saturated heterocycles. The van der Waals surface area contributed by atoms with Gasteiger partial charge < -0.3 is 10.4 Å². The highest BCUT2D eigenvalue weighted by atomic mass is 19.1. The van der Waals surface area contributed by atoms with E-state index in [4.69, 9.17) is 5.11 Å². The number of halogens is 1. The lowest BCUT2D eigenvalue weighted by atomic mass is 9.96. The predicted octanol–water partition coefficient (Wildman–Crippen LogP) is 1.63. The molecule has 6 heteroatoms. The van der Waals surface area contributed by atoms with E-state index < -0.39 is 12.0 Å². The molecule has 2 atom stereocenters. The van der Waals surface area contributed by atoms with E-state index >= 15 is 0 Å². The highest BCUT2D eigenvalue weighted by molar-refractivity contribution is 5.84. The molecular weight excluding hydrogens is 287 g/mol. The molecule has 2 rings (SSSR count). The Morgan fingerprint density at radius 2 is 2.27 bits per heavy atom. The summed E-state index contributed by atoms with van der Waals surface area (Å²) in [6.07, 6.45) is 1.62. The van der Waals surface area contributed by atoms with Gasteiger partial charge in [0, 0.05) is 13.1 Å². The quantitative estimate of drug-likeness (QED) is 0.867. The van der Waals surface area contributed by atoms with Crippen LogP contribution in [-0.4, -0.2) is 41.0 Å². The Balaban J connectivity index is 1.91. The van der Waals surface area contributed by atoms with Gasteiger partial charge in [-0.2, -0.15) is 0 Å². The minimum atomic E-state index is -1.04. The number of hydrogen-bond donors (Lipinski definition) is 2. The molecule has 0 saturated carbocycles. The number of hydrogen-bond acceptors (Lipinski definition) is 3. The molecule has 1 fully saturated rings. The summed E-state index contributed by atoms with van der Waals surface area (Å²) in [6, 6.07) is 5.55. The molecule has 1 aliphatic rings. The van der Waals surface area contributed by atoms with Crippen LogP contribution in [0, 0.1) is 11.7 Å². The fraction of sp³-hybridized carbons (Fsp3) is 0.500. The molecule has 0 spiro atoms. The molecule has 2 N–H and O–H groups in total. The molecule has 120 valence electrons. The summed E-state index contributed by atoms with van der Waals surface area (Å²) in [4.78, 5) is 25.0. The van der Waals surface area contributed by atoms with E-state index in [2.05, 4.69) is 10.2 Å². The second kappa shape index (κ2) is 7.35. The highest BCUT2D eigenvalue weighted by Crippen LogP contribution is 2.19. The van der Waals surface area contributed by atoms with Gasteiger partial charge in [0.1, 0.15) is 11.9 Å². The van der Waals surface area contributed by atoms with Crippen LogP contribution in [0.5, 0.6) is 0 Å². The van der Waals surface area contributed by atoms with Crippen LogP contribution in [0.4, 0.5) is 4.39 Å². The van der Waals surface area contributed by atoms with Gasteiger partial charge in [0.25, 0.3) is 0 Å². The van der Waals surface area contributed by atoms with Crippen LogP contribution in [0.1, 0.15) is 25.3 Å². The maximum atomic E-state index is 13.2. The van der Waals surface area contributed by atoms with Crippen molar-refractivity contribution in [2.24, 2.45) is 5.92 Å². The Morgan fingerprint density at radius 1 is 1.50 bits per heavy atom. The topological polar surface area (TPSA) is 69.6 Å². The predicted molar refractivity (Wildman–Crippen MR) is 79.6 cm³/mol. The average Bonchev–Trinajstić information content (AvgIpc) is 2.47. The van der Waals surface area contributed by atoms with Gasteiger partial charge in [-0.25, -0.2) is 4.39 Å². The standard InChI is InChI=1S/C16H21FN2O3/c1-11(16(21)22)18-15(20)13-5-3-7-19(10-13)9-12-4-2-6-14(17)8-12/h2,4,6,8,11,13H,3,5,7,9-10H2,1H3,(H,18,20)(H,21,22)/t11-,13-/m0/s1. The summed E-state index contributed by atoms with van der Waals surface area (Å²) in [5, 5.41) is 11.4. The van der Waals surface area contributed by atoms with E-state index in [0.29, 0.717) is 13.1 Å². The minimum absolute atomic E-state index is 0.218. The van der Waals surface area contributed by atoms with Gasteiger partial charge in [-0.15, -0.1) is 0 Å². The van der Waals surface area contributed by atoms with E-state index in [1.165, 1.54) is 19.1 Å². The summed E-state index contributed by atoms with van der Waals surface area (Å²) in [5.74, 6) is -1.75. The maximum absolute atomic E-state index is 13.2. The van der Waals surface area contributed by atoms with Crippen molar-refractivity contribution in [1.29, 1.82) is 0 Å². The van der Waals surface area contributed by atoms with Gasteiger partial charge in [0.2, 0.25) is 5.91 Å². The molecule has 1 aliphatic heterocycles. The van der Waals surface area contributed by atoms with Gasteiger partial charge in [-0.1, -0.05) is 12.1 Å². The third kappa shape index (κ3) is 4.53. The number of carbonyl (C=O) groups is 2. The molecule has 5 nitrogen and oxygen atoms in total. The summed E-state index contributed by atoms with van der Waals surface area (Å²) in [6.45, 7) is 3.47. The SMILES string of the molecule is C[C@H](NC(=O)[C@H]1CCCN(Cc2cccc(F)c2)C1)C(=O)O. The van der Waals surface area contributed by atoms with E-state index in [-0.39, 0.29) is 17.6 Å². The fourth-order valence-corrected chi connectivity index (χ4v) is 2.70. The number of nitrogens with one attached hydrogen (secondary N) is 1. The molecule has 0 unspecified atom stereocenters. The Kier molecular flexibility index (Phi) is 5.49. The number of aliphatic carboxylic acids is 1. The lowest BCUT2D eigenvalue weighted by molar-refractivity contribution is -0.142. The first-order valence-electron chi connectivity index (χ1n) is 7.45. The molecule has 22 heavy (non-hydrogen) atoms. The second-order valence-corrected chi connectivity index (χ2v) is 5.77. The largest absolute Gasteiger partial charge is 0.480 e. The average molecular weight is 308 g/mol. The number of piperidine rings is 1. The first-order chi connectivity index (χ1) is 10.5. The minimum Gasteiger partial charge on any atom is -0.480 e. The van der Waals surface area contributed by atoms with Crippen molar-refractivity contribution in [3.8, 4) is 0 Å². The highest BCUT2D eigenvalue weighted by Gasteiger charge is 2.27. The Hall–Kier alpha value is -1.95. The van der Waals surface area contributed by atoms with Gasteiger partial charge in [-0.05, 0) is 44.0 Å². The molecule has 1 aromatic rings. The number of benzene rings is 1. The lowest BCUT2D eigenvalue weighted by Gasteiger charge is -2.32. The maximum Gasteiger partial charge on any atom is 0.325 e. The summed E-state index contributed by atoms with van der Waals surface area (Å²) >= 11 is 0. The van der Waals surface area contributed by atoms with Crippen molar-refractivity contribution in [2.75, 3.05) is 13.1 Å². The number of rotatable bonds is 5. The fourth-order valence-electron chi connectivity index (χ4n) is 2.70. The third-order valence-corrected chi connectivity index (χ3v) is 3.90. The molecule has 1 aromatic carbocycles. The lowest BCUT2D eigenvalue weighted by Crippen LogP contribution is -2.47. The molecule has 1 amide bonds. The summed E-state index contributed by atoms with van der Waals surface area (Å²) in [7, 11) is 0. The number of nitrogens with zero attached hydrogens (tertiary/aromatic N) is 1. The van der Waals surface area contributed by atoms with Crippen LogP contribution in [0.2, 0.25) is 0 Å². The number of likely N-dealkylation sites (tertiary alicyclic amines) is 1. The van der Waals surface area contributed by atoms with Crippen molar-refractivity contribution in [3.63, 3.8) is 0 Å². The van der Waals surface area contributed by atoms with Crippen molar-refractivity contribution in [1.82, 2.24) is 10.2 Å². The van der Waals surface area contributed by atoms with Crippen LogP contribution >= 0.6 is 0 Å². The molecule has 1 heterocycles. The van der Waals surface area contributed by atoms with E-state index in [1.807, 2.05) is 6.07 Å². The third-order valence-electron chi connectivity index (χ3n) is 3.90. The number of carboxylic acid groups (broad SMARTS) is 1. The first kappa shape index (κ1) is 16.4. The Bertz CT molecular complexity index is 550. The molecule has 0 radical (unpaired) electrons. The van der Waals surface area contributed by atoms with Crippen LogP contribution in [0.15, 0.2) is 24.3 Å².